The van der Waals surface area contributed by atoms with Crippen LogP contribution in [-0.4, -0.2) is 48.5 Å². The molecule has 0 saturated carbocycles. The van der Waals surface area contributed by atoms with Crippen LogP contribution in [0.1, 0.15) is 0 Å². The third-order valence-electron chi connectivity index (χ3n) is 2.51. The quantitative estimate of drug-likeness (QED) is 0.760. The summed E-state index contributed by atoms with van der Waals surface area (Å²) in [6.45, 7) is 2.36. The van der Waals surface area contributed by atoms with Gasteiger partial charge in [-0.3, -0.25) is 0 Å². The van der Waals surface area contributed by atoms with Crippen LogP contribution in [-0.2, 0) is 0 Å². The predicted octanol–water partition coefficient (Wildman–Crippen LogP) is 2.64. The van der Waals surface area contributed by atoms with Crippen molar-refractivity contribution in [2.24, 2.45) is 0 Å². The van der Waals surface area contributed by atoms with Crippen LogP contribution in [0.2, 0.25) is 0 Å². The molecule has 1 aromatic rings. The van der Waals surface area contributed by atoms with E-state index in [1.165, 1.54) is 35.2 Å². The minimum atomic E-state index is -4.40. The van der Waals surface area contributed by atoms with E-state index in [-0.39, 0.29) is 25.4 Å². The molecular formula is C14H17F3N2O3. The zero-order chi connectivity index (χ0) is 16.6. The van der Waals surface area contributed by atoms with Gasteiger partial charge in [0.2, 0.25) is 0 Å². The zero-order valence-electron chi connectivity index (χ0n) is 11.8. The number of rotatable bonds is 7. The third kappa shape index (κ3) is 6.49. The Labute approximate surface area is 126 Å². The molecular weight excluding hydrogens is 301 g/mol. The van der Waals surface area contributed by atoms with Crippen LogP contribution in [0, 0.1) is 0 Å². The van der Waals surface area contributed by atoms with Crippen LogP contribution >= 0.6 is 0 Å². The fraction of sp³-hybridized carbons (Fsp3) is 0.357. The van der Waals surface area contributed by atoms with Crippen molar-refractivity contribution in [3.63, 3.8) is 0 Å². The molecule has 0 radical (unpaired) electrons. The largest absolute Gasteiger partial charge is 0.484 e. The number of anilines is 1. The Balaban J connectivity index is 2.59. The number of benzene rings is 1. The van der Waals surface area contributed by atoms with Crippen molar-refractivity contribution >= 4 is 11.7 Å². The number of hydrogen-bond acceptors (Lipinski definition) is 3. The lowest BCUT2D eigenvalue weighted by molar-refractivity contribution is -0.153. The van der Waals surface area contributed by atoms with E-state index in [1.54, 1.807) is 0 Å². The lowest BCUT2D eigenvalue weighted by atomic mass is 10.3. The number of carbonyl (C=O) groups is 1. The molecule has 2 amide bonds. The molecule has 0 aliphatic rings. The van der Waals surface area contributed by atoms with Crippen LogP contribution < -0.4 is 10.1 Å². The molecule has 0 spiro atoms. The summed E-state index contributed by atoms with van der Waals surface area (Å²) < 4.78 is 40.6. The predicted molar refractivity (Wildman–Crippen MR) is 75.9 cm³/mol. The molecule has 1 rings (SSSR count). The van der Waals surface area contributed by atoms with Crippen LogP contribution in [0.5, 0.6) is 5.75 Å². The Hall–Kier alpha value is -2.22. The van der Waals surface area contributed by atoms with E-state index in [4.69, 9.17) is 5.11 Å². The molecule has 0 aromatic heterocycles. The van der Waals surface area contributed by atoms with E-state index in [0.29, 0.717) is 5.69 Å². The molecule has 1 aromatic carbocycles. The number of urea groups is 1. The van der Waals surface area contributed by atoms with Gasteiger partial charge in [-0.25, -0.2) is 4.79 Å². The zero-order valence-corrected chi connectivity index (χ0v) is 11.8. The van der Waals surface area contributed by atoms with Gasteiger partial charge in [-0.15, -0.1) is 6.58 Å². The van der Waals surface area contributed by atoms with Gasteiger partial charge in [-0.2, -0.15) is 13.2 Å². The van der Waals surface area contributed by atoms with Gasteiger partial charge in [-0.05, 0) is 24.3 Å². The first-order valence-electron chi connectivity index (χ1n) is 6.43. The van der Waals surface area contributed by atoms with Gasteiger partial charge >= 0.3 is 12.2 Å². The molecule has 0 aliphatic heterocycles. The monoisotopic (exact) mass is 318 g/mol. The first kappa shape index (κ1) is 17.8. The second-order valence-electron chi connectivity index (χ2n) is 4.32. The minimum absolute atomic E-state index is 0.0497. The molecule has 122 valence electrons. The maximum atomic E-state index is 12.0. The van der Waals surface area contributed by atoms with Crippen molar-refractivity contribution in [3.8, 4) is 5.75 Å². The number of halogens is 3. The van der Waals surface area contributed by atoms with E-state index in [0.717, 1.165) is 0 Å². The van der Waals surface area contributed by atoms with E-state index < -0.39 is 18.8 Å². The molecule has 22 heavy (non-hydrogen) atoms. The van der Waals surface area contributed by atoms with Gasteiger partial charge in [0.1, 0.15) is 5.75 Å². The molecule has 0 bridgehead atoms. The summed E-state index contributed by atoms with van der Waals surface area (Å²) in [5.41, 5.74) is 0.399. The van der Waals surface area contributed by atoms with E-state index in [9.17, 15) is 18.0 Å². The Kier molecular flexibility index (Phi) is 6.71. The molecule has 0 aliphatic carbocycles. The summed E-state index contributed by atoms with van der Waals surface area (Å²) in [6.07, 6.45) is -2.88. The molecule has 0 heterocycles. The van der Waals surface area contributed by atoms with Crippen LogP contribution in [0.3, 0.4) is 0 Å². The number of nitrogens with one attached hydrogen (secondary N) is 1. The van der Waals surface area contributed by atoms with Crippen LogP contribution in [0.15, 0.2) is 36.9 Å². The summed E-state index contributed by atoms with van der Waals surface area (Å²) in [6, 6.07) is 5.05. The Bertz CT molecular complexity index is 489. The molecule has 0 unspecified atom stereocenters. The number of amides is 2. The highest BCUT2D eigenvalue weighted by atomic mass is 19.4. The number of alkyl halides is 3. The summed E-state index contributed by atoms with van der Waals surface area (Å²) in [5.74, 6) is 0.0497. The summed E-state index contributed by atoms with van der Waals surface area (Å²) in [5, 5.41) is 11.4. The van der Waals surface area contributed by atoms with Crippen molar-refractivity contribution in [2.75, 3.05) is 31.6 Å². The summed E-state index contributed by atoms with van der Waals surface area (Å²) >= 11 is 0. The van der Waals surface area contributed by atoms with Gasteiger partial charge in [-0.1, -0.05) is 6.08 Å². The highest BCUT2D eigenvalue weighted by Crippen LogP contribution is 2.20. The lowest BCUT2D eigenvalue weighted by Gasteiger charge is -2.20. The highest BCUT2D eigenvalue weighted by molar-refractivity contribution is 5.89. The second-order valence-corrected chi connectivity index (χ2v) is 4.32. The SMILES string of the molecule is C=CCN(CCO)C(=O)Nc1ccc(OCC(F)(F)F)cc1. The number of ether oxygens (including phenoxy) is 1. The lowest BCUT2D eigenvalue weighted by Crippen LogP contribution is -2.37. The first-order chi connectivity index (χ1) is 10.4. The van der Waals surface area contributed by atoms with Crippen LogP contribution in [0.4, 0.5) is 23.7 Å². The summed E-state index contributed by atoms with van der Waals surface area (Å²) in [7, 11) is 0. The molecule has 8 heteroatoms. The van der Waals surface area contributed by atoms with Gasteiger partial charge in [0.25, 0.3) is 0 Å². The second kappa shape index (κ2) is 8.28. The van der Waals surface area contributed by atoms with Crippen molar-refractivity contribution in [3.05, 3.63) is 36.9 Å². The molecule has 0 fully saturated rings. The maximum Gasteiger partial charge on any atom is 0.422 e. The molecule has 0 atom stereocenters. The first-order valence-corrected chi connectivity index (χ1v) is 6.43. The number of aliphatic hydroxyl groups is 1. The van der Waals surface area contributed by atoms with Gasteiger partial charge in [0, 0.05) is 18.8 Å². The average Bonchev–Trinajstić information content (AvgIpc) is 2.45. The van der Waals surface area contributed by atoms with Crippen molar-refractivity contribution in [1.29, 1.82) is 0 Å². The van der Waals surface area contributed by atoms with Gasteiger partial charge < -0.3 is 20.1 Å². The molecule has 0 saturated heterocycles. The average molecular weight is 318 g/mol. The Morgan fingerprint density at radius 3 is 2.50 bits per heavy atom. The molecule has 5 nitrogen and oxygen atoms in total. The van der Waals surface area contributed by atoms with Gasteiger partial charge in [0.15, 0.2) is 6.61 Å². The smallest absolute Gasteiger partial charge is 0.422 e. The topological polar surface area (TPSA) is 61.8 Å². The highest BCUT2D eigenvalue weighted by Gasteiger charge is 2.28. The molecule has 2 N–H and O–H groups in total. The van der Waals surface area contributed by atoms with Crippen LogP contribution in [0.25, 0.3) is 0 Å². The van der Waals surface area contributed by atoms with E-state index >= 15 is 0 Å². The van der Waals surface area contributed by atoms with Gasteiger partial charge in [0.05, 0.1) is 6.61 Å². The standard InChI is InChI=1S/C14H17F3N2O3/c1-2-7-19(8-9-20)13(21)18-11-3-5-12(6-4-11)22-10-14(15,16)17/h2-6,20H,1,7-10H2,(H,18,21). The van der Waals surface area contributed by atoms with Crippen molar-refractivity contribution < 1.29 is 27.8 Å². The van der Waals surface area contributed by atoms with E-state index in [1.807, 2.05) is 0 Å². The maximum absolute atomic E-state index is 12.0. The Morgan fingerprint density at radius 1 is 1.36 bits per heavy atom. The fourth-order valence-electron chi connectivity index (χ4n) is 1.55. The number of hydrogen-bond donors (Lipinski definition) is 2. The number of aliphatic hydroxyl groups excluding tert-OH is 1. The van der Waals surface area contributed by atoms with E-state index in [2.05, 4.69) is 16.6 Å². The van der Waals surface area contributed by atoms with Crippen molar-refractivity contribution in [2.45, 2.75) is 6.18 Å². The van der Waals surface area contributed by atoms with Crippen molar-refractivity contribution in [1.82, 2.24) is 4.90 Å². The number of nitrogens with zero attached hydrogens (tertiary/aromatic N) is 1. The fourth-order valence-corrected chi connectivity index (χ4v) is 1.55. The minimum Gasteiger partial charge on any atom is -0.484 e. The Morgan fingerprint density at radius 2 is 2.00 bits per heavy atom. The normalized spacial score (nSPS) is 10.9. The number of carbonyl (C=O) groups excluding carboxylic acids is 1. The summed E-state index contributed by atoms with van der Waals surface area (Å²) in [4.78, 5) is 13.2. The third-order valence-corrected chi connectivity index (χ3v) is 2.51.